The van der Waals surface area contributed by atoms with E-state index < -0.39 is 17.8 Å². The number of aliphatic imine (C=N–C) groups is 2. The molecular formula is C25H27FN8O4. The predicted octanol–water partition coefficient (Wildman–Crippen LogP) is 2.37. The van der Waals surface area contributed by atoms with Crippen LogP contribution in [0.2, 0.25) is 0 Å². The monoisotopic (exact) mass is 522 g/mol. The molecule has 198 valence electrons. The highest BCUT2D eigenvalue weighted by Crippen LogP contribution is 2.31. The topological polar surface area (TPSA) is 196 Å². The average Bonchev–Trinajstić information content (AvgIpc) is 2.89. The lowest BCUT2D eigenvalue weighted by Gasteiger charge is -2.24. The van der Waals surface area contributed by atoms with Gasteiger partial charge in [0.05, 0.1) is 18.3 Å². The van der Waals surface area contributed by atoms with Gasteiger partial charge in [0.2, 0.25) is 0 Å². The quantitative estimate of drug-likeness (QED) is 0.213. The van der Waals surface area contributed by atoms with Crippen molar-refractivity contribution in [2.45, 2.75) is 13.0 Å². The number of halogens is 1. The van der Waals surface area contributed by atoms with E-state index in [1.807, 2.05) is 0 Å². The zero-order chi connectivity index (χ0) is 27.8. The Morgan fingerprint density at radius 2 is 2.13 bits per heavy atom. The Morgan fingerprint density at radius 3 is 2.79 bits per heavy atom. The summed E-state index contributed by atoms with van der Waals surface area (Å²) in [6.45, 7) is 1.40. The van der Waals surface area contributed by atoms with Gasteiger partial charge in [-0.3, -0.25) is 20.0 Å². The molecular weight excluding hydrogens is 495 g/mol. The summed E-state index contributed by atoms with van der Waals surface area (Å²) in [6.07, 6.45) is 8.09. The van der Waals surface area contributed by atoms with Gasteiger partial charge in [0.15, 0.2) is 11.6 Å². The highest BCUT2D eigenvalue weighted by molar-refractivity contribution is 6.07. The van der Waals surface area contributed by atoms with Crippen molar-refractivity contribution in [3.8, 4) is 11.5 Å². The summed E-state index contributed by atoms with van der Waals surface area (Å²) >= 11 is 0. The smallest absolute Gasteiger partial charge is 0.274 e. The van der Waals surface area contributed by atoms with Crippen LogP contribution in [0.25, 0.3) is 0 Å². The number of nitrogens with two attached hydrogens (primary N) is 2. The normalized spacial score (nSPS) is 15.8. The Balaban J connectivity index is 1.82. The van der Waals surface area contributed by atoms with Crippen LogP contribution in [0.1, 0.15) is 12.5 Å². The zero-order valence-corrected chi connectivity index (χ0v) is 20.6. The molecule has 1 aliphatic rings. The number of pyridine rings is 1. The van der Waals surface area contributed by atoms with E-state index in [1.165, 1.54) is 55.9 Å². The van der Waals surface area contributed by atoms with Gasteiger partial charge in [-0.15, -0.1) is 0 Å². The third-order valence-electron chi connectivity index (χ3n) is 5.15. The van der Waals surface area contributed by atoms with Crippen LogP contribution in [0.5, 0.6) is 11.5 Å². The molecule has 1 aliphatic heterocycles. The summed E-state index contributed by atoms with van der Waals surface area (Å²) in [6, 6.07) is 4.65. The minimum Gasteiger partial charge on any atom is -0.453 e. The first-order valence-corrected chi connectivity index (χ1v) is 11.2. The van der Waals surface area contributed by atoms with Crippen molar-refractivity contribution in [1.29, 1.82) is 5.41 Å². The second-order valence-corrected chi connectivity index (χ2v) is 7.91. The number of hydrogen-bond acceptors (Lipinski definition) is 10. The standard InChI is InChI=1S/C25H27FN8O4/c1-14(13-35)32-24(29)22-21(8-9-31-23(22)28)38-20-7-6-16(10-17(20)26)33-25(36)19-5-3-4-18(34(19)37)15(11-27)12-30-2/h3-12,14,27,35,37H,13H2,1-2H3,(H2,28,31)(H2,29,32)(H,33,36)/t14-/m1/s1. The van der Waals surface area contributed by atoms with E-state index in [9.17, 15) is 19.5 Å². The number of ether oxygens (including phenoxy) is 1. The van der Waals surface area contributed by atoms with Crippen LogP contribution >= 0.6 is 0 Å². The molecule has 1 aromatic heterocycles. The summed E-state index contributed by atoms with van der Waals surface area (Å²) in [5, 5.41) is 30.4. The Hall–Kier alpha value is -4.88. The van der Waals surface area contributed by atoms with E-state index in [1.54, 1.807) is 6.92 Å². The summed E-state index contributed by atoms with van der Waals surface area (Å²) in [5.41, 5.74) is 12.5. The van der Waals surface area contributed by atoms with Gasteiger partial charge in [-0.05, 0) is 31.2 Å². The van der Waals surface area contributed by atoms with Crippen LogP contribution in [-0.2, 0) is 4.79 Å². The van der Waals surface area contributed by atoms with Crippen LogP contribution < -0.4 is 21.5 Å². The molecule has 0 unspecified atom stereocenters. The number of anilines is 2. The van der Waals surface area contributed by atoms with Gasteiger partial charge < -0.3 is 32.0 Å². The third kappa shape index (κ3) is 6.27. The molecule has 0 bridgehead atoms. The average molecular weight is 523 g/mol. The number of hydroxylamine groups is 2. The van der Waals surface area contributed by atoms with Gasteiger partial charge in [0, 0.05) is 49.1 Å². The maximum Gasteiger partial charge on any atom is 0.274 e. The number of amides is 1. The highest BCUT2D eigenvalue weighted by atomic mass is 19.1. The molecule has 1 amide bonds. The Bertz CT molecular complexity index is 1380. The maximum atomic E-state index is 15.0. The molecule has 1 aromatic carbocycles. The summed E-state index contributed by atoms with van der Waals surface area (Å²) < 4.78 is 20.6. The molecule has 1 atom stereocenters. The van der Waals surface area contributed by atoms with Gasteiger partial charge >= 0.3 is 0 Å². The fourth-order valence-electron chi connectivity index (χ4n) is 3.33. The fraction of sp³-hybridized carbons (Fsp3) is 0.160. The first-order chi connectivity index (χ1) is 18.2. The number of nitrogen functional groups attached to an aromatic ring is 1. The number of allylic oxidation sites excluding steroid dienone is 4. The minimum absolute atomic E-state index is 0.00588. The fourth-order valence-corrected chi connectivity index (χ4v) is 3.33. The molecule has 0 radical (unpaired) electrons. The number of amidine groups is 1. The molecule has 38 heavy (non-hydrogen) atoms. The van der Waals surface area contributed by atoms with Crippen molar-refractivity contribution in [2.24, 2.45) is 15.7 Å². The number of nitrogens with zero attached hydrogens (tertiary/aromatic N) is 4. The number of carbonyl (C=O) groups is 1. The van der Waals surface area contributed by atoms with Crippen molar-refractivity contribution in [3.63, 3.8) is 0 Å². The SMILES string of the molecule is CN=CC(C=N)=C1C=CC=C(C(=O)Nc2ccc(Oc3ccnc(N)c3C(N)=N[C@H](C)CO)c(F)c2)N1O. The van der Waals surface area contributed by atoms with Crippen molar-refractivity contribution < 1.29 is 24.2 Å². The maximum absolute atomic E-state index is 15.0. The van der Waals surface area contributed by atoms with Crippen LogP contribution in [0.3, 0.4) is 0 Å². The molecule has 3 rings (SSSR count). The number of aromatic nitrogens is 1. The van der Waals surface area contributed by atoms with Crippen LogP contribution in [0.15, 0.2) is 75.6 Å². The Labute approximate surface area is 217 Å². The Morgan fingerprint density at radius 1 is 1.37 bits per heavy atom. The lowest BCUT2D eigenvalue weighted by Crippen LogP contribution is -2.30. The second kappa shape index (κ2) is 12.4. The van der Waals surface area contributed by atoms with Crippen LogP contribution in [0, 0.1) is 11.2 Å². The molecule has 12 nitrogen and oxygen atoms in total. The van der Waals surface area contributed by atoms with Crippen molar-refractivity contribution in [1.82, 2.24) is 10.0 Å². The van der Waals surface area contributed by atoms with Crippen molar-refractivity contribution >= 4 is 35.7 Å². The first kappa shape index (κ1) is 27.7. The molecule has 0 aliphatic carbocycles. The van der Waals surface area contributed by atoms with Gasteiger partial charge in [-0.1, -0.05) is 6.08 Å². The first-order valence-electron chi connectivity index (χ1n) is 11.2. The molecule has 13 heteroatoms. The predicted molar refractivity (Wildman–Crippen MR) is 142 cm³/mol. The summed E-state index contributed by atoms with van der Waals surface area (Å²) in [4.78, 5) is 24.7. The summed E-state index contributed by atoms with van der Waals surface area (Å²) in [7, 11) is 1.51. The molecule has 0 fully saturated rings. The highest BCUT2D eigenvalue weighted by Gasteiger charge is 2.23. The molecule has 2 heterocycles. The number of aliphatic hydroxyl groups excluding tert-OH is 1. The van der Waals surface area contributed by atoms with E-state index >= 15 is 0 Å². The van der Waals surface area contributed by atoms with E-state index in [-0.39, 0.29) is 58.0 Å². The van der Waals surface area contributed by atoms with Crippen LogP contribution in [-0.4, -0.2) is 64.2 Å². The van der Waals surface area contributed by atoms with Crippen molar-refractivity contribution in [3.05, 3.63) is 77.0 Å². The van der Waals surface area contributed by atoms with Gasteiger partial charge in [-0.25, -0.2) is 14.4 Å². The number of nitrogens with one attached hydrogen (secondary N) is 2. The second-order valence-electron chi connectivity index (χ2n) is 7.91. The van der Waals surface area contributed by atoms with E-state index in [2.05, 4.69) is 20.3 Å². The lowest BCUT2D eigenvalue weighted by molar-refractivity contribution is -0.119. The van der Waals surface area contributed by atoms with Crippen molar-refractivity contribution in [2.75, 3.05) is 24.7 Å². The largest absolute Gasteiger partial charge is 0.453 e. The number of hydrogen-bond donors (Lipinski definition) is 6. The van der Waals surface area contributed by atoms with Gasteiger partial charge in [-0.2, -0.15) is 0 Å². The number of carbonyl (C=O) groups excluding carboxylic acids is 1. The van der Waals surface area contributed by atoms with E-state index in [4.69, 9.17) is 21.6 Å². The number of rotatable bonds is 9. The molecule has 0 spiro atoms. The number of aliphatic hydroxyl groups is 1. The summed E-state index contributed by atoms with van der Waals surface area (Å²) in [5.74, 6) is -1.68. The van der Waals surface area contributed by atoms with Gasteiger partial charge in [0.25, 0.3) is 5.91 Å². The molecule has 2 aromatic rings. The van der Waals surface area contributed by atoms with E-state index in [0.717, 1.165) is 12.3 Å². The Kier molecular flexibility index (Phi) is 9.03. The van der Waals surface area contributed by atoms with Crippen LogP contribution in [0.4, 0.5) is 15.9 Å². The zero-order valence-electron chi connectivity index (χ0n) is 20.6. The van der Waals surface area contributed by atoms with Gasteiger partial charge in [0.1, 0.15) is 28.7 Å². The third-order valence-corrected chi connectivity index (χ3v) is 5.15. The molecule has 8 N–H and O–H groups in total. The lowest BCUT2D eigenvalue weighted by atomic mass is 10.1. The molecule has 0 saturated carbocycles. The number of benzene rings is 1. The minimum atomic E-state index is -0.812. The molecule has 0 saturated heterocycles. The van der Waals surface area contributed by atoms with E-state index in [0.29, 0.717) is 5.06 Å².